The van der Waals surface area contributed by atoms with Crippen LogP contribution in [0.4, 0.5) is 0 Å². The summed E-state index contributed by atoms with van der Waals surface area (Å²) in [6.07, 6.45) is 0.922. The Labute approximate surface area is 96.5 Å². The molecule has 0 aliphatic carbocycles. The highest BCUT2D eigenvalue weighted by molar-refractivity contribution is 6.33. The van der Waals surface area contributed by atoms with E-state index in [0.29, 0.717) is 5.92 Å². The van der Waals surface area contributed by atoms with Gasteiger partial charge in [0.1, 0.15) is 0 Å². The lowest BCUT2D eigenvalue weighted by Gasteiger charge is -2.11. The third-order valence-electron chi connectivity index (χ3n) is 2.27. The third kappa shape index (κ3) is 3.35. The molecule has 1 rings (SSSR count). The first-order valence-electron chi connectivity index (χ1n) is 5.28. The van der Waals surface area contributed by atoms with Gasteiger partial charge in [0, 0.05) is 5.56 Å². The van der Waals surface area contributed by atoms with E-state index in [9.17, 15) is 4.79 Å². The summed E-state index contributed by atoms with van der Waals surface area (Å²) in [7, 11) is 0. The maximum absolute atomic E-state index is 11.8. The van der Waals surface area contributed by atoms with Gasteiger partial charge in [0.15, 0.2) is 5.78 Å². The highest BCUT2D eigenvalue weighted by Crippen LogP contribution is 2.17. The van der Waals surface area contributed by atoms with Crippen molar-refractivity contribution in [3.05, 3.63) is 35.4 Å². The standard InChI is InChI=1S/C13H17ClO/c1-9(2)8-11-6-4-5-7-12(11)13(15)10(3)14/h4-7,9-10H,8H2,1-3H3. The molecule has 15 heavy (non-hydrogen) atoms. The first-order valence-corrected chi connectivity index (χ1v) is 5.72. The number of hydrogen-bond acceptors (Lipinski definition) is 1. The Balaban J connectivity index is 3.01. The van der Waals surface area contributed by atoms with Crippen LogP contribution < -0.4 is 0 Å². The minimum atomic E-state index is -0.446. The second-order valence-corrected chi connectivity index (χ2v) is 4.89. The van der Waals surface area contributed by atoms with Gasteiger partial charge in [-0.05, 0) is 24.8 Å². The fraction of sp³-hybridized carbons (Fsp3) is 0.462. The quantitative estimate of drug-likeness (QED) is 0.563. The summed E-state index contributed by atoms with van der Waals surface area (Å²) in [5.74, 6) is 0.567. The van der Waals surface area contributed by atoms with Crippen molar-refractivity contribution >= 4 is 17.4 Å². The van der Waals surface area contributed by atoms with Gasteiger partial charge in [-0.3, -0.25) is 4.79 Å². The van der Waals surface area contributed by atoms with E-state index in [0.717, 1.165) is 17.5 Å². The molecule has 0 spiro atoms. The number of Topliss-reactive ketones (excluding diaryl/α,β-unsaturated/α-hetero) is 1. The maximum Gasteiger partial charge on any atom is 0.180 e. The van der Waals surface area contributed by atoms with Crippen LogP contribution in [-0.2, 0) is 6.42 Å². The molecule has 0 saturated carbocycles. The van der Waals surface area contributed by atoms with Crippen molar-refractivity contribution in [2.45, 2.75) is 32.6 Å². The number of benzene rings is 1. The first kappa shape index (κ1) is 12.3. The summed E-state index contributed by atoms with van der Waals surface area (Å²) < 4.78 is 0. The zero-order valence-corrected chi connectivity index (χ0v) is 10.2. The fourth-order valence-corrected chi connectivity index (χ4v) is 1.71. The lowest BCUT2D eigenvalue weighted by Crippen LogP contribution is -2.13. The van der Waals surface area contributed by atoms with Crippen molar-refractivity contribution in [2.24, 2.45) is 5.92 Å². The smallest absolute Gasteiger partial charge is 0.180 e. The van der Waals surface area contributed by atoms with E-state index in [1.165, 1.54) is 0 Å². The normalized spacial score (nSPS) is 12.9. The predicted octanol–water partition coefficient (Wildman–Crippen LogP) is 3.70. The number of carbonyl (C=O) groups is 1. The lowest BCUT2D eigenvalue weighted by molar-refractivity contribution is 0.0990. The van der Waals surface area contributed by atoms with Gasteiger partial charge in [0.2, 0.25) is 0 Å². The van der Waals surface area contributed by atoms with Crippen molar-refractivity contribution in [3.63, 3.8) is 0 Å². The lowest BCUT2D eigenvalue weighted by atomic mass is 9.95. The van der Waals surface area contributed by atoms with Gasteiger partial charge in [-0.1, -0.05) is 38.1 Å². The van der Waals surface area contributed by atoms with E-state index in [4.69, 9.17) is 11.6 Å². The van der Waals surface area contributed by atoms with Crippen molar-refractivity contribution in [2.75, 3.05) is 0 Å². The summed E-state index contributed by atoms with van der Waals surface area (Å²) in [4.78, 5) is 11.8. The molecule has 0 saturated heterocycles. The van der Waals surface area contributed by atoms with Crippen LogP contribution in [0.2, 0.25) is 0 Å². The monoisotopic (exact) mass is 224 g/mol. The Morgan fingerprint density at radius 3 is 2.40 bits per heavy atom. The van der Waals surface area contributed by atoms with Gasteiger partial charge >= 0.3 is 0 Å². The SMILES string of the molecule is CC(C)Cc1ccccc1C(=O)C(C)Cl. The molecule has 82 valence electrons. The van der Waals surface area contributed by atoms with Gasteiger partial charge in [-0.15, -0.1) is 11.6 Å². The molecule has 0 radical (unpaired) electrons. The summed E-state index contributed by atoms with van der Waals surface area (Å²) >= 11 is 5.82. The van der Waals surface area contributed by atoms with E-state index in [1.807, 2.05) is 24.3 Å². The highest BCUT2D eigenvalue weighted by atomic mass is 35.5. The molecule has 0 aliphatic rings. The van der Waals surface area contributed by atoms with Crippen LogP contribution in [0, 0.1) is 5.92 Å². The average Bonchev–Trinajstić information content (AvgIpc) is 2.16. The van der Waals surface area contributed by atoms with E-state index in [1.54, 1.807) is 6.92 Å². The number of ketones is 1. The molecule has 1 atom stereocenters. The Morgan fingerprint density at radius 1 is 1.27 bits per heavy atom. The largest absolute Gasteiger partial charge is 0.293 e. The highest BCUT2D eigenvalue weighted by Gasteiger charge is 2.15. The molecule has 2 heteroatoms. The van der Waals surface area contributed by atoms with E-state index < -0.39 is 5.38 Å². The molecule has 1 aromatic carbocycles. The summed E-state index contributed by atoms with van der Waals surface area (Å²) in [6.45, 7) is 6.01. The average molecular weight is 225 g/mol. The van der Waals surface area contributed by atoms with Crippen molar-refractivity contribution in [1.29, 1.82) is 0 Å². The Morgan fingerprint density at radius 2 is 1.87 bits per heavy atom. The van der Waals surface area contributed by atoms with Gasteiger partial charge in [0.05, 0.1) is 5.38 Å². The molecule has 0 heterocycles. The molecular formula is C13H17ClO. The minimum absolute atomic E-state index is 0.0212. The zero-order valence-electron chi connectivity index (χ0n) is 9.46. The summed E-state index contributed by atoms with van der Waals surface area (Å²) in [6, 6.07) is 7.72. The third-order valence-corrected chi connectivity index (χ3v) is 2.47. The van der Waals surface area contributed by atoms with Crippen LogP contribution in [-0.4, -0.2) is 11.2 Å². The number of rotatable bonds is 4. The number of hydrogen-bond donors (Lipinski definition) is 0. The molecule has 0 amide bonds. The van der Waals surface area contributed by atoms with Crippen LogP contribution in [0.3, 0.4) is 0 Å². The maximum atomic E-state index is 11.8. The molecule has 0 aliphatic heterocycles. The molecule has 1 aromatic rings. The van der Waals surface area contributed by atoms with Gasteiger partial charge in [-0.25, -0.2) is 0 Å². The summed E-state index contributed by atoms with van der Waals surface area (Å²) in [5, 5.41) is -0.446. The molecule has 1 nitrogen and oxygen atoms in total. The summed E-state index contributed by atoms with van der Waals surface area (Å²) in [5.41, 5.74) is 1.87. The molecule has 0 bridgehead atoms. The molecule has 0 fully saturated rings. The van der Waals surface area contributed by atoms with Crippen LogP contribution in [0.5, 0.6) is 0 Å². The van der Waals surface area contributed by atoms with Crippen molar-refractivity contribution in [3.8, 4) is 0 Å². The fourth-order valence-electron chi connectivity index (χ4n) is 1.59. The zero-order chi connectivity index (χ0) is 11.4. The van der Waals surface area contributed by atoms with Crippen LogP contribution in [0.1, 0.15) is 36.7 Å². The van der Waals surface area contributed by atoms with Crippen LogP contribution in [0.25, 0.3) is 0 Å². The van der Waals surface area contributed by atoms with Crippen LogP contribution >= 0.6 is 11.6 Å². The molecule has 0 aromatic heterocycles. The number of halogens is 1. The van der Waals surface area contributed by atoms with Gasteiger partial charge < -0.3 is 0 Å². The molecular weight excluding hydrogens is 208 g/mol. The number of alkyl halides is 1. The second-order valence-electron chi connectivity index (χ2n) is 4.24. The van der Waals surface area contributed by atoms with Crippen molar-refractivity contribution in [1.82, 2.24) is 0 Å². The Hall–Kier alpha value is -0.820. The predicted molar refractivity (Wildman–Crippen MR) is 64.6 cm³/mol. The van der Waals surface area contributed by atoms with Gasteiger partial charge in [-0.2, -0.15) is 0 Å². The topological polar surface area (TPSA) is 17.1 Å². The van der Waals surface area contributed by atoms with Gasteiger partial charge in [0.25, 0.3) is 0 Å². The van der Waals surface area contributed by atoms with E-state index >= 15 is 0 Å². The number of carbonyl (C=O) groups excluding carboxylic acids is 1. The first-order chi connectivity index (χ1) is 7.02. The van der Waals surface area contributed by atoms with Crippen molar-refractivity contribution < 1.29 is 4.79 Å². The second kappa shape index (κ2) is 5.32. The van der Waals surface area contributed by atoms with E-state index in [2.05, 4.69) is 13.8 Å². The van der Waals surface area contributed by atoms with Crippen LogP contribution in [0.15, 0.2) is 24.3 Å². The Kier molecular flexibility index (Phi) is 4.34. The van der Waals surface area contributed by atoms with E-state index in [-0.39, 0.29) is 5.78 Å². The minimum Gasteiger partial charge on any atom is -0.293 e. The molecule has 0 N–H and O–H groups in total. The molecule has 1 unspecified atom stereocenters. The Bertz CT molecular complexity index is 342.